The first-order valence-corrected chi connectivity index (χ1v) is 5.01. The van der Waals surface area contributed by atoms with E-state index in [1.54, 1.807) is 0 Å². The second-order valence-corrected chi connectivity index (χ2v) is 3.52. The van der Waals surface area contributed by atoms with Crippen LogP contribution in [0.5, 0.6) is 5.75 Å². The van der Waals surface area contributed by atoms with E-state index in [1.165, 1.54) is 6.92 Å². The summed E-state index contributed by atoms with van der Waals surface area (Å²) < 4.78 is 30.5. The van der Waals surface area contributed by atoms with Gasteiger partial charge in [0, 0.05) is 12.6 Å². The van der Waals surface area contributed by atoms with Gasteiger partial charge in [0.15, 0.2) is 18.2 Å². The molecule has 1 aromatic carbocycles. The van der Waals surface area contributed by atoms with Gasteiger partial charge < -0.3 is 15.2 Å². The van der Waals surface area contributed by atoms with E-state index in [4.69, 9.17) is 9.84 Å². The lowest BCUT2D eigenvalue weighted by Crippen LogP contribution is -2.34. The van der Waals surface area contributed by atoms with Crippen LogP contribution in [0.15, 0.2) is 18.2 Å². The molecule has 0 saturated carbocycles. The van der Waals surface area contributed by atoms with E-state index in [9.17, 15) is 13.6 Å². The van der Waals surface area contributed by atoms with Crippen molar-refractivity contribution in [2.75, 3.05) is 13.2 Å². The van der Waals surface area contributed by atoms with E-state index in [1.807, 2.05) is 0 Å². The molecule has 0 aliphatic heterocycles. The monoisotopic (exact) mass is 245 g/mol. The van der Waals surface area contributed by atoms with Gasteiger partial charge in [-0.25, -0.2) is 8.78 Å². The summed E-state index contributed by atoms with van der Waals surface area (Å²) in [4.78, 5) is 11.2. The number of carbonyl (C=O) groups excluding carboxylic acids is 1. The molecule has 1 rings (SSSR count). The summed E-state index contributed by atoms with van der Waals surface area (Å²) in [5.41, 5.74) is 0. The zero-order valence-corrected chi connectivity index (χ0v) is 9.24. The zero-order valence-electron chi connectivity index (χ0n) is 9.24. The molecule has 1 unspecified atom stereocenters. The highest BCUT2D eigenvalue weighted by Crippen LogP contribution is 2.17. The van der Waals surface area contributed by atoms with Crippen LogP contribution in [-0.2, 0) is 4.79 Å². The number of aliphatic hydroxyl groups excluding tert-OH is 1. The number of rotatable bonds is 5. The van der Waals surface area contributed by atoms with Crippen LogP contribution in [0, 0.1) is 11.6 Å². The highest BCUT2D eigenvalue weighted by molar-refractivity contribution is 5.77. The molecule has 0 spiro atoms. The Morgan fingerprint density at radius 2 is 2.24 bits per heavy atom. The minimum absolute atomic E-state index is 0.0914. The number of ether oxygens (including phenoxy) is 1. The fourth-order valence-electron chi connectivity index (χ4n) is 1.05. The predicted octanol–water partition coefficient (Wildman–Crippen LogP) is 0.841. The summed E-state index contributed by atoms with van der Waals surface area (Å²) in [7, 11) is 0. The average Bonchev–Trinajstić information content (AvgIpc) is 2.25. The molecule has 1 aromatic rings. The topological polar surface area (TPSA) is 58.6 Å². The molecular weight excluding hydrogens is 232 g/mol. The second kappa shape index (κ2) is 6.15. The van der Waals surface area contributed by atoms with Gasteiger partial charge in [-0.2, -0.15) is 0 Å². The van der Waals surface area contributed by atoms with Crippen molar-refractivity contribution in [2.45, 2.75) is 13.0 Å². The third-order valence-corrected chi connectivity index (χ3v) is 1.85. The van der Waals surface area contributed by atoms with Crippen molar-refractivity contribution in [1.29, 1.82) is 0 Å². The highest BCUT2D eigenvalue weighted by atomic mass is 19.1. The van der Waals surface area contributed by atoms with Crippen LogP contribution in [-0.4, -0.2) is 30.3 Å². The Kier molecular flexibility index (Phi) is 4.84. The van der Waals surface area contributed by atoms with Crippen molar-refractivity contribution < 1.29 is 23.4 Å². The quantitative estimate of drug-likeness (QED) is 0.808. The maximum atomic E-state index is 13.1. The largest absolute Gasteiger partial charge is 0.481 e. The van der Waals surface area contributed by atoms with Crippen LogP contribution in [0.3, 0.4) is 0 Å². The fourth-order valence-corrected chi connectivity index (χ4v) is 1.05. The van der Waals surface area contributed by atoms with E-state index in [2.05, 4.69) is 5.32 Å². The molecule has 0 aliphatic carbocycles. The number of amides is 1. The number of carbonyl (C=O) groups is 1. The van der Waals surface area contributed by atoms with Gasteiger partial charge in [0.05, 0.1) is 6.10 Å². The molecule has 94 valence electrons. The van der Waals surface area contributed by atoms with E-state index in [0.717, 1.165) is 12.1 Å². The van der Waals surface area contributed by atoms with Gasteiger partial charge in [-0.1, -0.05) is 0 Å². The molecule has 17 heavy (non-hydrogen) atoms. The third-order valence-electron chi connectivity index (χ3n) is 1.85. The van der Waals surface area contributed by atoms with Gasteiger partial charge >= 0.3 is 0 Å². The Bertz CT molecular complexity index is 396. The predicted molar refractivity (Wildman–Crippen MR) is 56.5 cm³/mol. The molecular formula is C11H13F2NO3. The van der Waals surface area contributed by atoms with Gasteiger partial charge in [0.1, 0.15) is 5.82 Å². The lowest BCUT2D eigenvalue weighted by Gasteiger charge is -2.09. The molecule has 0 fully saturated rings. The Morgan fingerprint density at radius 3 is 2.82 bits per heavy atom. The number of aliphatic hydroxyl groups is 1. The Balaban J connectivity index is 2.42. The molecule has 0 aliphatic rings. The molecule has 4 nitrogen and oxygen atoms in total. The van der Waals surface area contributed by atoms with Crippen molar-refractivity contribution in [3.8, 4) is 5.75 Å². The number of nitrogens with one attached hydrogen (secondary N) is 1. The first-order valence-electron chi connectivity index (χ1n) is 5.01. The summed E-state index contributed by atoms with van der Waals surface area (Å²) in [6, 6.07) is 2.81. The van der Waals surface area contributed by atoms with Gasteiger partial charge in [-0.05, 0) is 19.1 Å². The minimum atomic E-state index is -0.867. The van der Waals surface area contributed by atoms with Crippen LogP contribution in [0.25, 0.3) is 0 Å². The van der Waals surface area contributed by atoms with Crippen molar-refractivity contribution in [3.05, 3.63) is 29.8 Å². The van der Waals surface area contributed by atoms with Crippen molar-refractivity contribution in [2.24, 2.45) is 0 Å². The first-order chi connectivity index (χ1) is 7.99. The number of benzene rings is 1. The third kappa shape index (κ3) is 4.78. The Hall–Kier alpha value is -1.69. The Morgan fingerprint density at radius 1 is 1.53 bits per heavy atom. The molecule has 6 heteroatoms. The smallest absolute Gasteiger partial charge is 0.258 e. The van der Waals surface area contributed by atoms with Crippen molar-refractivity contribution in [1.82, 2.24) is 5.32 Å². The van der Waals surface area contributed by atoms with E-state index in [0.29, 0.717) is 6.07 Å². The first kappa shape index (κ1) is 13.4. The number of halogens is 2. The molecule has 0 bridgehead atoms. The zero-order chi connectivity index (χ0) is 12.8. The Labute approximate surface area is 97.2 Å². The maximum Gasteiger partial charge on any atom is 0.258 e. The average molecular weight is 245 g/mol. The van der Waals surface area contributed by atoms with Crippen molar-refractivity contribution in [3.63, 3.8) is 0 Å². The summed E-state index contributed by atoms with van der Waals surface area (Å²) in [6.07, 6.45) is -0.665. The summed E-state index contributed by atoms with van der Waals surface area (Å²) in [5.74, 6) is -2.27. The fraction of sp³-hybridized carbons (Fsp3) is 0.364. The van der Waals surface area contributed by atoms with Gasteiger partial charge in [0.2, 0.25) is 0 Å². The molecule has 1 amide bonds. The second-order valence-electron chi connectivity index (χ2n) is 3.52. The number of hydrogen-bond donors (Lipinski definition) is 2. The lowest BCUT2D eigenvalue weighted by molar-refractivity contribution is -0.123. The molecule has 1 atom stereocenters. The van der Waals surface area contributed by atoms with Gasteiger partial charge in [-0.3, -0.25) is 4.79 Å². The van der Waals surface area contributed by atoms with Gasteiger partial charge in [0.25, 0.3) is 5.91 Å². The number of hydrogen-bond acceptors (Lipinski definition) is 3. The van der Waals surface area contributed by atoms with Gasteiger partial charge in [-0.15, -0.1) is 0 Å². The summed E-state index contributed by atoms with van der Waals surface area (Å²) in [6.45, 7) is 1.21. The van der Waals surface area contributed by atoms with Crippen LogP contribution >= 0.6 is 0 Å². The van der Waals surface area contributed by atoms with E-state index in [-0.39, 0.29) is 12.3 Å². The summed E-state index contributed by atoms with van der Waals surface area (Å²) in [5, 5.41) is 11.3. The molecule has 0 radical (unpaired) electrons. The van der Waals surface area contributed by atoms with Crippen LogP contribution in [0.4, 0.5) is 8.78 Å². The molecule has 0 saturated heterocycles. The SMILES string of the molecule is CC(O)CNC(=O)COc1ccc(F)cc1F. The lowest BCUT2D eigenvalue weighted by atomic mass is 10.3. The normalized spacial score (nSPS) is 12.0. The standard InChI is InChI=1S/C11H13F2NO3/c1-7(15)5-14-11(16)6-17-10-3-2-8(12)4-9(10)13/h2-4,7,15H,5-6H2,1H3,(H,14,16). The van der Waals surface area contributed by atoms with Crippen molar-refractivity contribution >= 4 is 5.91 Å². The molecule has 0 aromatic heterocycles. The highest BCUT2D eigenvalue weighted by Gasteiger charge is 2.08. The molecule has 0 heterocycles. The van der Waals surface area contributed by atoms with E-state index >= 15 is 0 Å². The maximum absolute atomic E-state index is 13.1. The van der Waals surface area contributed by atoms with E-state index < -0.39 is 30.3 Å². The summed E-state index contributed by atoms with van der Waals surface area (Å²) >= 11 is 0. The van der Waals surface area contributed by atoms with Crippen LogP contribution in [0.1, 0.15) is 6.92 Å². The molecule has 2 N–H and O–H groups in total. The van der Waals surface area contributed by atoms with Crippen LogP contribution < -0.4 is 10.1 Å². The minimum Gasteiger partial charge on any atom is -0.481 e. The van der Waals surface area contributed by atoms with Crippen LogP contribution in [0.2, 0.25) is 0 Å².